The van der Waals surface area contributed by atoms with Gasteiger partial charge in [-0.05, 0) is 36.2 Å². The molecular weight excluding hydrogens is 506 g/mol. The second-order valence-corrected chi connectivity index (χ2v) is 11.5. The van der Waals surface area contributed by atoms with Gasteiger partial charge in [-0.25, -0.2) is 8.42 Å². The van der Waals surface area contributed by atoms with Gasteiger partial charge in [0.2, 0.25) is 15.9 Å². The summed E-state index contributed by atoms with van der Waals surface area (Å²) in [5.41, 5.74) is 2.77. The zero-order chi connectivity index (χ0) is 26.3. The Morgan fingerprint density at radius 2 is 1.57 bits per heavy atom. The normalized spacial score (nSPS) is 14.9. The van der Waals surface area contributed by atoms with Gasteiger partial charge in [-0.2, -0.15) is 4.31 Å². The van der Waals surface area contributed by atoms with E-state index < -0.39 is 10.0 Å². The number of hydrogen-bond donors (Lipinski definition) is 0. The maximum absolute atomic E-state index is 13.6. The van der Waals surface area contributed by atoms with Gasteiger partial charge < -0.3 is 4.90 Å². The number of halogens is 1. The molecule has 6 nitrogen and oxygen atoms in total. The summed E-state index contributed by atoms with van der Waals surface area (Å²) in [6.07, 6.45) is 4.23. The molecule has 37 heavy (non-hydrogen) atoms. The minimum absolute atomic E-state index is 0.0197. The van der Waals surface area contributed by atoms with E-state index >= 15 is 0 Å². The lowest BCUT2D eigenvalue weighted by Gasteiger charge is -2.35. The summed E-state index contributed by atoms with van der Waals surface area (Å²) in [7, 11) is -3.91. The highest BCUT2D eigenvalue weighted by molar-refractivity contribution is 7.89. The van der Waals surface area contributed by atoms with Crippen molar-refractivity contribution in [2.24, 2.45) is 0 Å². The predicted octanol–water partition coefficient (Wildman–Crippen LogP) is 4.70. The van der Waals surface area contributed by atoms with Gasteiger partial charge in [-0.3, -0.25) is 9.69 Å². The first-order chi connectivity index (χ1) is 17.8. The number of aryl methyl sites for hydroxylation is 1. The highest BCUT2D eigenvalue weighted by Gasteiger charge is 2.30. The summed E-state index contributed by atoms with van der Waals surface area (Å²) in [5.74, 6) is -0.206. The number of carbonyl (C=O) groups excluding carboxylic acids is 1. The van der Waals surface area contributed by atoms with Gasteiger partial charge >= 0.3 is 0 Å². The maximum atomic E-state index is 13.6. The number of benzene rings is 3. The first-order valence-corrected chi connectivity index (χ1v) is 14.2. The number of carbonyl (C=O) groups is 1. The maximum Gasteiger partial charge on any atom is 0.243 e. The lowest BCUT2D eigenvalue weighted by Crippen LogP contribution is -2.51. The molecule has 1 saturated heterocycles. The van der Waals surface area contributed by atoms with E-state index in [1.807, 2.05) is 31.2 Å². The van der Waals surface area contributed by atoms with E-state index in [1.54, 1.807) is 47.4 Å². The van der Waals surface area contributed by atoms with Gasteiger partial charge in [0, 0.05) is 44.3 Å². The fourth-order valence-electron chi connectivity index (χ4n) is 4.23. The number of amides is 1. The Hall–Kier alpha value is -2.97. The van der Waals surface area contributed by atoms with Gasteiger partial charge in [-0.15, -0.1) is 0 Å². The molecule has 0 bridgehead atoms. The summed E-state index contributed by atoms with van der Waals surface area (Å²) < 4.78 is 28.4. The molecule has 0 spiro atoms. The van der Waals surface area contributed by atoms with Crippen molar-refractivity contribution in [2.45, 2.75) is 18.4 Å². The number of rotatable bonds is 9. The molecule has 0 unspecified atom stereocenters. The molecule has 3 aromatic carbocycles. The van der Waals surface area contributed by atoms with Crippen LogP contribution in [0.3, 0.4) is 0 Å². The van der Waals surface area contributed by atoms with E-state index in [4.69, 9.17) is 11.6 Å². The van der Waals surface area contributed by atoms with Crippen molar-refractivity contribution >= 4 is 33.6 Å². The van der Waals surface area contributed by atoms with Gasteiger partial charge in [-0.1, -0.05) is 90.0 Å². The van der Waals surface area contributed by atoms with Crippen LogP contribution in [0.4, 0.5) is 0 Å². The van der Waals surface area contributed by atoms with Crippen molar-refractivity contribution in [3.63, 3.8) is 0 Å². The zero-order valence-corrected chi connectivity index (χ0v) is 22.5. The molecule has 0 N–H and O–H groups in total. The van der Waals surface area contributed by atoms with Crippen molar-refractivity contribution in [3.8, 4) is 0 Å². The zero-order valence-electron chi connectivity index (χ0n) is 21.0. The fourth-order valence-corrected chi connectivity index (χ4v) is 5.80. The third-order valence-electron chi connectivity index (χ3n) is 6.47. The summed E-state index contributed by atoms with van der Waals surface area (Å²) in [6, 6.07) is 23.9. The SMILES string of the molecule is Cc1ccc(S(=O)(=O)N(CC(=O)N2CCN(C/C=C/c3ccccc3)CC2)Cc2ccccc2Cl)cc1. The molecular formula is C29H32ClN3O3S. The number of nitrogens with zero attached hydrogens (tertiary/aromatic N) is 3. The molecule has 0 radical (unpaired) electrons. The first kappa shape index (κ1) is 27.1. The van der Waals surface area contributed by atoms with E-state index in [9.17, 15) is 13.2 Å². The monoisotopic (exact) mass is 537 g/mol. The smallest absolute Gasteiger partial charge is 0.243 e. The minimum Gasteiger partial charge on any atom is -0.339 e. The number of piperazine rings is 1. The van der Waals surface area contributed by atoms with Crippen LogP contribution >= 0.6 is 11.6 Å². The van der Waals surface area contributed by atoms with Crippen LogP contribution < -0.4 is 0 Å². The van der Waals surface area contributed by atoms with Crippen molar-refractivity contribution in [3.05, 3.63) is 107 Å². The highest BCUT2D eigenvalue weighted by atomic mass is 35.5. The van der Waals surface area contributed by atoms with Crippen LogP contribution in [0.15, 0.2) is 89.8 Å². The van der Waals surface area contributed by atoms with Gasteiger partial charge in [0.05, 0.1) is 11.4 Å². The van der Waals surface area contributed by atoms with Crippen molar-refractivity contribution in [1.82, 2.24) is 14.1 Å². The number of sulfonamides is 1. The van der Waals surface area contributed by atoms with Gasteiger partial charge in [0.1, 0.15) is 0 Å². The van der Waals surface area contributed by atoms with Crippen molar-refractivity contribution < 1.29 is 13.2 Å². The summed E-state index contributed by atoms with van der Waals surface area (Å²) >= 11 is 6.34. The molecule has 0 aromatic heterocycles. The Balaban J connectivity index is 1.41. The quantitative estimate of drug-likeness (QED) is 0.397. The lowest BCUT2D eigenvalue weighted by molar-refractivity contribution is -0.133. The predicted molar refractivity (Wildman–Crippen MR) is 149 cm³/mol. The largest absolute Gasteiger partial charge is 0.339 e. The highest BCUT2D eigenvalue weighted by Crippen LogP contribution is 2.23. The average Bonchev–Trinajstić information content (AvgIpc) is 2.90. The Morgan fingerprint density at radius 3 is 2.24 bits per heavy atom. The molecule has 1 heterocycles. The minimum atomic E-state index is -3.91. The summed E-state index contributed by atoms with van der Waals surface area (Å²) in [6.45, 7) is 5.07. The van der Waals surface area contributed by atoms with Crippen LogP contribution in [0.1, 0.15) is 16.7 Å². The van der Waals surface area contributed by atoms with E-state index in [2.05, 4.69) is 29.2 Å². The molecule has 8 heteroatoms. The van der Waals surface area contributed by atoms with Crippen LogP contribution in [0.25, 0.3) is 6.08 Å². The van der Waals surface area contributed by atoms with E-state index in [0.717, 1.165) is 30.8 Å². The molecule has 0 saturated carbocycles. The third-order valence-corrected chi connectivity index (χ3v) is 8.65. The topological polar surface area (TPSA) is 60.9 Å². The van der Waals surface area contributed by atoms with Crippen LogP contribution in [0, 0.1) is 6.92 Å². The van der Waals surface area contributed by atoms with Crippen LogP contribution in [0.2, 0.25) is 5.02 Å². The Labute approximate surface area is 224 Å². The third kappa shape index (κ3) is 7.29. The Kier molecular flexibility index (Phi) is 9.16. The van der Waals surface area contributed by atoms with Gasteiger partial charge in [0.25, 0.3) is 0 Å². The summed E-state index contributed by atoms with van der Waals surface area (Å²) in [5, 5.41) is 0.469. The average molecular weight is 538 g/mol. The molecule has 1 amide bonds. The Morgan fingerprint density at radius 1 is 0.919 bits per heavy atom. The molecule has 1 aliphatic rings. The second kappa shape index (κ2) is 12.5. The van der Waals surface area contributed by atoms with Crippen molar-refractivity contribution in [1.29, 1.82) is 0 Å². The fraction of sp³-hybridized carbons (Fsp3) is 0.276. The molecule has 1 fully saturated rings. The van der Waals surface area contributed by atoms with Crippen molar-refractivity contribution in [2.75, 3.05) is 39.3 Å². The molecule has 1 aliphatic heterocycles. The number of hydrogen-bond acceptors (Lipinski definition) is 4. The summed E-state index contributed by atoms with van der Waals surface area (Å²) in [4.78, 5) is 17.5. The van der Waals surface area contributed by atoms with Gasteiger partial charge in [0.15, 0.2) is 0 Å². The lowest BCUT2D eigenvalue weighted by atomic mass is 10.2. The molecule has 0 aliphatic carbocycles. The van der Waals surface area contributed by atoms with Crippen LogP contribution in [-0.2, 0) is 21.4 Å². The van der Waals surface area contributed by atoms with E-state index in [-0.39, 0.29) is 23.9 Å². The standard InChI is InChI=1S/C29H32ClN3O3S/c1-24-13-15-27(16-14-24)37(35,36)33(22-26-11-5-6-12-28(26)30)23-29(34)32-20-18-31(19-21-32)17-7-10-25-8-3-2-4-9-25/h2-16H,17-23H2,1H3/b10-7+. The molecule has 0 atom stereocenters. The van der Waals surface area contributed by atoms with E-state index in [0.29, 0.717) is 23.7 Å². The molecule has 3 aromatic rings. The molecule has 4 rings (SSSR count). The Bertz CT molecular complexity index is 1320. The first-order valence-electron chi connectivity index (χ1n) is 12.3. The second-order valence-electron chi connectivity index (χ2n) is 9.17. The van der Waals surface area contributed by atoms with E-state index in [1.165, 1.54) is 4.31 Å². The van der Waals surface area contributed by atoms with Crippen LogP contribution in [-0.4, -0.2) is 67.7 Å². The van der Waals surface area contributed by atoms with Crippen LogP contribution in [0.5, 0.6) is 0 Å². The molecule has 194 valence electrons.